The Hall–Kier alpha value is -1.05. The molecule has 0 saturated carbocycles. The first-order chi connectivity index (χ1) is 18.6. The summed E-state index contributed by atoms with van der Waals surface area (Å²) in [6.07, 6.45) is 41.8. The number of carboxylic acid groups (broad SMARTS) is 1. The first-order valence-electron chi connectivity index (χ1n) is 17.2. The standard InChI is InChI=1S/C36H68O2/c1-4-6-8-10-12-14-16-18-20-22-24-26-28-30-35(32-34(3)33-36(37)38)31-29-27-25-23-21-19-17-15-13-11-9-7-5-2/h32-33H,4-31H2,1-3H3,(H,37,38)/b34-33+. The molecule has 0 aromatic carbocycles. The molecule has 2 nitrogen and oxygen atoms in total. The van der Waals surface area contributed by atoms with Gasteiger partial charge in [-0.25, -0.2) is 4.79 Å². The van der Waals surface area contributed by atoms with Crippen LogP contribution in [0.1, 0.15) is 201 Å². The van der Waals surface area contributed by atoms with Gasteiger partial charge in [0.1, 0.15) is 0 Å². The Bertz CT molecular complexity index is 528. The molecule has 0 aromatic rings. The van der Waals surface area contributed by atoms with E-state index in [1.54, 1.807) is 0 Å². The molecule has 0 aliphatic heterocycles. The maximum atomic E-state index is 11.1. The third-order valence-corrected chi connectivity index (χ3v) is 7.99. The number of carboxylic acids is 1. The van der Waals surface area contributed by atoms with Gasteiger partial charge in [0.15, 0.2) is 0 Å². The number of hydrogen-bond acceptors (Lipinski definition) is 1. The minimum Gasteiger partial charge on any atom is -0.478 e. The van der Waals surface area contributed by atoms with Crippen LogP contribution in [-0.4, -0.2) is 11.1 Å². The Labute approximate surface area is 239 Å². The molecule has 0 heterocycles. The van der Waals surface area contributed by atoms with Crippen LogP contribution in [0.3, 0.4) is 0 Å². The van der Waals surface area contributed by atoms with Crippen molar-refractivity contribution in [2.45, 2.75) is 201 Å². The summed E-state index contributed by atoms with van der Waals surface area (Å²) in [6, 6.07) is 0. The third kappa shape index (κ3) is 29.5. The lowest BCUT2D eigenvalue weighted by Gasteiger charge is -2.09. The van der Waals surface area contributed by atoms with E-state index in [1.807, 2.05) is 6.92 Å². The predicted octanol–water partition coefficient (Wildman–Crippen LogP) is 12.9. The zero-order valence-corrected chi connectivity index (χ0v) is 26.3. The summed E-state index contributed by atoms with van der Waals surface area (Å²) in [6.45, 7) is 6.51. The molecule has 0 fully saturated rings. The van der Waals surface area contributed by atoms with Crippen LogP contribution in [0, 0.1) is 0 Å². The first-order valence-corrected chi connectivity index (χ1v) is 17.2. The van der Waals surface area contributed by atoms with Crippen LogP contribution in [0.15, 0.2) is 23.3 Å². The Morgan fingerprint density at radius 1 is 0.447 bits per heavy atom. The molecule has 0 aromatic heterocycles. The van der Waals surface area contributed by atoms with Gasteiger partial charge in [-0.3, -0.25) is 0 Å². The van der Waals surface area contributed by atoms with Crippen LogP contribution < -0.4 is 0 Å². The van der Waals surface area contributed by atoms with Crippen molar-refractivity contribution >= 4 is 5.97 Å². The van der Waals surface area contributed by atoms with Crippen molar-refractivity contribution in [1.29, 1.82) is 0 Å². The van der Waals surface area contributed by atoms with Gasteiger partial charge in [0, 0.05) is 6.08 Å². The fourth-order valence-electron chi connectivity index (χ4n) is 5.57. The van der Waals surface area contributed by atoms with Crippen LogP contribution in [0.4, 0.5) is 0 Å². The van der Waals surface area contributed by atoms with Crippen molar-refractivity contribution in [2.75, 3.05) is 0 Å². The van der Waals surface area contributed by atoms with Gasteiger partial charge in [0.2, 0.25) is 0 Å². The third-order valence-electron chi connectivity index (χ3n) is 7.99. The van der Waals surface area contributed by atoms with Gasteiger partial charge in [-0.05, 0) is 38.2 Å². The summed E-state index contributed by atoms with van der Waals surface area (Å²) in [5.74, 6) is -0.833. The van der Waals surface area contributed by atoms with E-state index in [0.717, 1.165) is 18.4 Å². The largest absolute Gasteiger partial charge is 0.478 e. The van der Waals surface area contributed by atoms with Gasteiger partial charge in [0.05, 0.1) is 0 Å². The molecule has 0 rings (SSSR count). The lowest BCUT2D eigenvalue weighted by atomic mass is 9.97. The van der Waals surface area contributed by atoms with Gasteiger partial charge in [-0.1, -0.05) is 180 Å². The maximum Gasteiger partial charge on any atom is 0.328 e. The number of allylic oxidation sites excluding steroid dienone is 3. The monoisotopic (exact) mass is 533 g/mol. The number of rotatable bonds is 30. The molecule has 0 unspecified atom stereocenters. The molecule has 0 saturated heterocycles. The molecule has 0 aliphatic carbocycles. The van der Waals surface area contributed by atoms with Crippen molar-refractivity contribution in [3.63, 3.8) is 0 Å². The van der Waals surface area contributed by atoms with Crippen LogP contribution >= 0.6 is 0 Å². The highest BCUT2D eigenvalue weighted by Gasteiger charge is 2.02. The molecule has 0 atom stereocenters. The lowest BCUT2D eigenvalue weighted by molar-refractivity contribution is -0.131. The normalized spacial score (nSPS) is 11.7. The van der Waals surface area contributed by atoms with Crippen molar-refractivity contribution < 1.29 is 9.90 Å². The summed E-state index contributed by atoms with van der Waals surface area (Å²) < 4.78 is 0. The van der Waals surface area contributed by atoms with E-state index >= 15 is 0 Å². The Kier molecular flexibility index (Phi) is 29.6. The maximum absolute atomic E-state index is 11.1. The number of carbonyl (C=O) groups is 1. The SMILES string of the molecule is CCCCCCCCCCCCCCCC(=C/C(C)=C/C(=O)O)CCCCCCCCCCCCCCC. The summed E-state index contributed by atoms with van der Waals surface area (Å²) in [5, 5.41) is 9.09. The second-order valence-electron chi connectivity index (χ2n) is 12.0. The molecule has 2 heteroatoms. The van der Waals surface area contributed by atoms with Crippen molar-refractivity contribution in [1.82, 2.24) is 0 Å². The molecule has 0 radical (unpaired) electrons. The molecular formula is C36H68O2. The molecule has 38 heavy (non-hydrogen) atoms. The minimum atomic E-state index is -0.833. The van der Waals surface area contributed by atoms with Gasteiger partial charge in [-0.15, -0.1) is 0 Å². The second-order valence-corrected chi connectivity index (χ2v) is 12.0. The Morgan fingerprint density at radius 2 is 0.711 bits per heavy atom. The van der Waals surface area contributed by atoms with E-state index in [0.29, 0.717) is 0 Å². The average molecular weight is 533 g/mol. The van der Waals surface area contributed by atoms with E-state index in [2.05, 4.69) is 19.9 Å². The van der Waals surface area contributed by atoms with Gasteiger partial charge < -0.3 is 5.11 Å². The summed E-state index contributed by atoms with van der Waals surface area (Å²) in [5.41, 5.74) is 2.35. The Balaban J connectivity index is 3.90. The average Bonchev–Trinajstić information content (AvgIpc) is 2.88. The van der Waals surface area contributed by atoms with Crippen molar-refractivity contribution in [3.05, 3.63) is 23.3 Å². The van der Waals surface area contributed by atoms with Crippen LogP contribution in [0.25, 0.3) is 0 Å². The number of aliphatic carboxylic acids is 1. The molecule has 0 bridgehead atoms. The summed E-state index contributed by atoms with van der Waals surface area (Å²) in [4.78, 5) is 11.1. The second kappa shape index (κ2) is 30.5. The smallest absolute Gasteiger partial charge is 0.328 e. The van der Waals surface area contributed by atoms with Crippen molar-refractivity contribution in [3.8, 4) is 0 Å². The summed E-state index contributed by atoms with van der Waals surface area (Å²) in [7, 11) is 0. The highest BCUT2D eigenvalue weighted by molar-refractivity contribution is 5.81. The van der Waals surface area contributed by atoms with Crippen LogP contribution in [-0.2, 0) is 4.79 Å². The zero-order chi connectivity index (χ0) is 27.9. The van der Waals surface area contributed by atoms with E-state index in [4.69, 9.17) is 5.11 Å². The molecule has 224 valence electrons. The fourth-order valence-corrected chi connectivity index (χ4v) is 5.57. The molecule has 1 N–H and O–H groups in total. The van der Waals surface area contributed by atoms with E-state index in [9.17, 15) is 4.79 Å². The fraction of sp³-hybridized carbons (Fsp3) is 0.861. The number of hydrogen-bond donors (Lipinski definition) is 1. The van der Waals surface area contributed by atoms with Gasteiger partial charge >= 0.3 is 5.97 Å². The minimum absolute atomic E-state index is 0.833. The van der Waals surface area contributed by atoms with Crippen molar-refractivity contribution in [2.24, 2.45) is 0 Å². The topological polar surface area (TPSA) is 37.3 Å². The Morgan fingerprint density at radius 3 is 0.974 bits per heavy atom. The number of unbranched alkanes of at least 4 members (excludes halogenated alkanes) is 24. The lowest BCUT2D eigenvalue weighted by Crippen LogP contribution is -1.92. The highest BCUT2D eigenvalue weighted by atomic mass is 16.4. The van der Waals surface area contributed by atoms with E-state index < -0.39 is 5.97 Å². The molecular weight excluding hydrogens is 464 g/mol. The zero-order valence-electron chi connectivity index (χ0n) is 26.3. The molecule has 0 amide bonds. The quantitative estimate of drug-likeness (QED) is 0.0567. The van der Waals surface area contributed by atoms with Crippen LogP contribution in [0.5, 0.6) is 0 Å². The predicted molar refractivity (Wildman–Crippen MR) is 170 cm³/mol. The van der Waals surface area contributed by atoms with Gasteiger partial charge in [0.25, 0.3) is 0 Å². The highest BCUT2D eigenvalue weighted by Crippen LogP contribution is 2.21. The summed E-state index contributed by atoms with van der Waals surface area (Å²) >= 11 is 0. The molecule has 0 spiro atoms. The van der Waals surface area contributed by atoms with Crippen LogP contribution in [0.2, 0.25) is 0 Å². The first kappa shape index (κ1) is 37.0. The van der Waals surface area contributed by atoms with E-state index in [-0.39, 0.29) is 0 Å². The molecule has 0 aliphatic rings. The van der Waals surface area contributed by atoms with E-state index in [1.165, 1.54) is 179 Å². The van der Waals surface area contributed by atoms with Gasteiger partial charge in [-0.2, -0.15) is 0 Å².